The van der Waals surface area contributed by atoms with Crippen molar-refractivity contribution < 1.29 is 0 Å². The van der Waals surface area contributed by atoms with Crippen LogP contribution >= 0.6 is 0 Å². The van der Waals surface area contributed by atoms with Gasteiger partial charge in [-0.2, -0.15) is 0 Å². The fraction of sp³-hybridized carbons (Fsp3) is 0.667. The van der Waals surface area contributed by atoms with Crippen molar-refractivity contribution in [3.8, 4) is 0 Å². The molecule has 1 heterocycles. The normalized spacial score (nSPS) is 33.4. The summed E-state index contributed by atoms with van der Waals surface area (Å²) in [5.74, 6) is 1.47. The Labute approximate surface area is 123 Å². The first-order valence-electron chi connectivity index (χ1n) is 8.04. The third kappa shape index (κ3) is 2.77. The lowest BCUT2D eigenvalue weighted by atomic mass is 9.92. The molecule has 3 rings (SSSR count). The molecule has 0 radical (unpaired) electrons. The minimum absolute atomic E-state index is 0.245. The fourth-order valence-corrected chi connectivity index (χ4v) is 3.72. The highest BCUT2D eigenvalue weighted by Gasteiger charge is 2.48. The second kappa shape index (κ2) is 5.16. The second-order valence-corrected chi connectivity index (χ2v) is 7.57. The van der Waals surface area contributed by atoms with E-state index in [1.807, 2.05) is 0 Å². The fourth-order valence-electron chi connectivity index (χ4n) is 3.72. The maximum Gasteiger partial charge on any atom is 0.0253 e. The van der Waals surface area contributed by atoms with Gasteiger partial charge in [0.25, 0.3) is 0 Å². The molecule has 1 aromatic rings. The predicted octanol–water partition coefficient (Wildman–Crippen LogP) is 3.25. The van der Waals surface area contributed by atoms with Gasteiger partial charge in [0.2, 0.25) is 0 Å². The SMILES string of the molecule is CC(C)C1CNC(C)(C)CN1C1CC1c1ccccc1. The van der Waals surface area contributed by atoms with Crippen LogP contribution in [0.4, 0.5) is 0 Å². The first-order chi connectivity index (χ1) is 9.48. The summed E-state index contributed by atoms with van der Waals surface area (Å²) in [6, 6.07) is 12.5. The average molecular weight is 272 g/mol. The van der Waals surface area contributed by atoms with Gasteiger partial charge in [0.1, 0.15) is 0 Å². The van der Waals surface area contributed by atoms with Gasteiger partial charge in [0.05, 0.1) is 0 Å². The number of hydrogen-bond donors (Lipinski definition) is 1. The van der Waals surface area contributed by atoms with Crippen LogP contribution in [0.5, 0.6) is 0 Å². The maximum atomic E-state index is 3.72. The first-order valence-corrected chi connectivity index (χ1v) is 8.04. The Bertz CT molecular complexity index is 452. The molecule has 1 N–H and O–H groups in total. The molecule has 110 valence electrons. The number of nitrogens with one attached hydrogen (secondary N) is 1. The number of piperazine rings is 1. The summed E-state index contributed by atoms with van der Waals surface area (Å²) in [6.45, 7) is 11.7. The highest BCUT2D eigenvalue weighted by Crippen LogP contribution is 2.46. The summed E-state index contributed by atoms with van der Waals surface area (Å²) in [5, 5.41) is 3.72. The van der Waals surface area contributed by atoms with E-state index >= 15 is 0 Å². The van der Waals surface area contributed by atoms with Crippen LogP contribution in [0.2, 0.25) is 0 Å². The van der Waals surface area contributed by atoms with Crippen LogP contribution in [0.1, 0.15) is 45.6 Å². The van der Waals surface area contributed by atoms with Gasteiger partial charge in [-0.05, 0) is 31.7 Å². The molecule has 2 aliphatic rings. The molecule has 1 aliphatic heterocycles. The molecule has 1 saturated carbocycles. The zero-order valence-electron chi connectivity index (χ0n) is 13.3. The van der Waals surface area contributed by atoms with Crippen molar-refractivity contribution in [2.75, 3.05) is 13.1 Å². The van der Waals surface area contributed by atoms with Crippen molar-refractivity contribution in [2.24, 2.45) is 5.92 Å². The van der Waals surface area contributed by atoms with Gasteiger partial charge in [0.15, 0.2) is 0 Å². The van der Waals surface area contributed by atoms with Gasteiger partial charge in [-0.3, -0.25) is 4.90 Å². The minimum atomic E-state index is 0.245. The molecular weight excluding hydrogens is 244 g/mol. The van der Waals surface area contributed by atoms with E-state index in [0.29, 0.717) is 6.04 Å². The summed E-state index contributed by atoms with van der Waals surface area (Å²) >= 11 is 0. The minimum Gasteiger partial charge on any atom is -0.309 e. The quantitative estimate of drug-likeness (QED) is 0.908. The van der Waals surface area contributed by atoms with E-state index in [4.69, 9.17) is 0 Å². The van der Waals surface area contributed by atoms with Crippen molar-refractivity contribution in [2.45, 2.75) is 57.7 Å². The lowest BCUT2D eigenvalue weighted by Crippen LogP contribution is -2.63. The molecule has 3 unspecified atom stereocenters. The Morgan fingerprint density at radius 1 is 1.20 bits per heavy atom. The average Bonchev–Trinajstić information content (AvgIpc) is 3.18. The first kappa shape index (κ1) is 14.1. The number of hydrogen-bond acceptors (Lipinski definition) is 2. The molecule has 0 spiro atoms. The Balaban J connectivity index is 1.74. The monoisotopic (exact) mass is 272 g/mol. The molecule has 0 amide bonds. The van der Waals surface area contributed by atoms with Crippen LogP contribution in [0, 0.1) is 5.92 Å². The molecule has 2 heteroatoms. The van der Waals surface area contributed by atoms with Crippen LogP contribution in [0.3, 0.4) is 0 Å². The maximum absolute atomic E-state index is 3.72. The summed E-state index contributed by atoms with van der Waals surface area (Å²) in [5.41, 5.74) is 1.77. The molecule has 1 aliphatic carbocycles. The third-order valence-electron chi connectivity index (χ3n) is 4.97. The standard InChI is InChI=1S/C18H28N2/c1-13(2)17-11-19-18(3,4)12-20(17)16-10-15(16)14-8-6-5-7-9-14/h5-9,13,15-17,19H,10-12H2,1-4H3. The number of benzene rings is 1. The Morgan fingerprint density at radius 3 is 2.55 bits per heavy atom. The van der Waals surface area contributed by atoms with E-state index in [2.05, 4.69) is 68.2 Å². The van der Waals surface area contributed by atoms with Gasteiger partial charge >= 0.3 is 0 Å². The Morgan fingerprint density at radius 2 is 1.90 bits per heavy atom. The molecule has 3 atom stereocenters. The highest BCUT2D eigenvalue weighted by atomic mass is 15.3. The largest absolute Gasteiger partial charge is 0.309 e. The Hall–Kier alpha value is -0.860. The third-order valence-corrected chi connectivity index (χ3v) is 4.97. The second-order valence-electron chi connectivity index (χ2n) is 7.57. The van der Waals surface area contributed by atoms with Gasteiger partial charge in [0, 0.05) is 36.6 Å². The van der Waals surface area contributed by atoms with Gasteiger partial charge in [-0.1, -0.05) is 44.2 Å². The lowest BCUT2D eigenvalue weighted by Gasteiger charge is -2.46. The molecule has 0 bridgehead atoms. The van der Waals surface area contributed by atoms with Crippen molar-refractivity contribution in [1.29, 1.82) is 0 Å². The van der Waals surface area contributed by atoms with E-state index < -0.39 is 0 Å². The van der Waals surface area contributed by atoms with Crippen LogP contribution < -0.4 is 5.32 Å². The van der Waals surface area contributed by atoms with E-state index in [-0.39, 0.29) is 5.54 Å². The molecule has 0 aromatic heterocycles. The van der Waals surface area contributed by atoms with Crippen LogP contribution in [0.15, 0.2) is 30.3 Å². The summed E-state index contributed by atoms with van der Waals surface area (Å²) in [7, 11) is 0. The van der Waals surface area contributed by atoms with E-state index in [1.54, 1.807) is 0 Å². The van der Waals surface area contributed by atoms with Crippen molar-refractivity contribution >= 4 is 0 Å². The van der Waals surface area contributed by atoms with Crippen molar-refractivity contribution in [3.05, 3.63) is 35.9 Å². The molecule has 20 heavy (non-hydrogen) atoms. The molecule has 1 saturated heterocycles. The lowest BCUT2D eigenvalue weighted by molar-refractivity contribution is 0.0606. The summed E-state index contributed by atoms with van der Waals surface area (Å²) in [4.78, 5) is 2.79. The topological polar surface area (TPSA) is 15.3 Å². The number of nitrogens with zero attached hydrogens (tertiary/aromatic N) is 1. The molecule has 1 aromatic carbocycles. The number of rotatable bonds is 3. The Kier molecular flexibility index (Phi) is 3.64. The van der Waals surface area contributed by atoms with Crippen LogP contribution in [-0.4, -0.2) is 35.6 Å². The zero-order valence-corrected chi connectivity index (χ0v) is 13.3. The molecule has 2 fully saturated rings. The highest BCUT2D eigenvalue weighted by molar-refractivity contribution is 5.28. The van der Waals surface area contributed by atoms with Crippen molar-refractivity contribution in [3.63, 3.8) is 0 Å². The van der Waals surface area contributed by atoms with Crippen LogP contribution in [0.25, 0.3) is 0 Å². The van der Waals surface area contributed by atoms with Crippen LogP contribution in [-0.2, 0) is 0 Å². The van der Waals surface area contributed by atoms with Crippen molar-refractivity contribution in [1.82, 2.24) is 10.2 Å². The zero-order chi connectivity index (χ0) is 14.3. The molecular formula is C18H28N2. The van der Waals surface area contributed by atoms with E-state index in [0.717, 1.165) is 24.4 Å². The predicted molar refractivity (Wildman–Crippen MR) is 85.0 cm³/mol. The van der Waals surface area contributed by atoms with Gasteiger partial charge in [-0.25, -0.2) is 0 Å². The van der Waals surface area contributed by atoms with E-state index in [9.17, 15) is 0 Å². The van der Waals surface area contributed by atoms with E-state index in [1.165, 1.54) is 18.5 Å². The van der Waals surface area contributed by atoms with Gasteiger partial charge in [-0.15, -0.1) is 0 Å². The smallest absolute Gasteiger partial charge is 0.0253 e. The summed E-state index contributed by atoms with van der Waals surface area (Å²) < 4.78 is 0. The summed E-state index contributed by atoms with van der Waals surface area (Å²) in [6.07, 6.45) is 1.34. The van der Waals surface area contributed by atoms with Gasteiger partial charge < -0.3 is 5.32 Å². The molecule has 2 nitrogen and oxygen atoms in total.